The number of hydrogen-bond donors (Lipinski definition) is 1. The number of hydrogen-bond acceptors (Lipinski definition) is 6. The van der Waals surface area contributed by atoms with Crippen LogP contribution in [-0.4, -0.2) is 17.1 Å². The summed E-state index contributed by atoms with van der Waals surface area (Å²) in [4.78, 5) is 26.4. The van der Waals surface area contributed by atoms with E-state index in [1.165, 1.54) is 4.57 Å². The maximum atomic E-state index is 13.3. The van der Waals surface area contributed by atoms with Crippen molar-refractivity contribution in [1.82, 2.24) is 4.57 Å². The van der Waals surface area contributed by atoms with E-state index in [0.29, 0.717) is 24.8 Å². The molecule has 1 atom stereocenters. The molecule has 6 nitrogen and oxygen atoms in total. The molecule has 166 valence electrons. The molecule has 2 N–H and O–H groups in total. The first-order chi connectivity index (χ1) is 15.8. The predicted octanol–water partition coefficient (Wildman–Crippen LogP) is 3.21. The zero-order valence-corrected chi connectivity index (χ0v) is 19.7. The van der Waals surface area contributed by atoms with E-state index in [9.17, 15) is 14.9 Å². The highest BCUT2D eigenvalue weighted by molar-refractivity contribution is 7.07. The molecule has 1 aliphatic heterocycles. The maximum absolute atomic E-state index is 13.3. The Labute approximate surface area is 203 Å². The predicted molar refractivity (Wildman–Crippen MR) is 130 cm³/mol. The fourth-order valence-corrected chi connectivity index (χ4v) is 5.07. The minimum atomic E-state index is -0.798. The Kier molecular flexibility index (Phi) is 6.43. The van der Waals surface area contributed by atoms with Gasteiger partial charge in [-0.3, -0.25) is 9.36 Å². The lowest BCUT2D eigenvalue weighted by molar-refractivity contribution is -0.136. The molecule has 0 unspecified atom stereocenters. The van der Waals surface area contributed by atoms with Crippen molar-refractivity contribution in [2.24, 2.45) is 5.73 Å². The van der Waals surface area contributed by atoms with Crippen LogP contribution in [0.5, 0.6) is 0 Å². The Morgan fingerprint density at radius 3 is 2.36 bits per heavy atom. The Hall–Kier alpha value is -3.31. The van der Waals surface area contributed by atoms with Gasteiger partial charge in [0.1, 0.15) is 10.5 Å². The fourth-order valence-electron chi connectivity index (χ4n) is 3.65. The second kappa shape index (κ2) is 9.28. The van der Waals surface area contributed by atoms with Gasteiger partial charge in [0.2, 0.25) is 0 Å². The zero-order chi connectivity index (χ0) is 23.7. The SMILES string of the molecule is CCOC(=O)C1=c2s/c(=C\c3ccc(Cl)cc3)c(=O)n2C(N)=C(C#N)[C@@H]1c1ccc(Cl)cc1. The normalized spacial score (nSPS) is 15.9. The van der Waals surface area contributed by atoms with Crippen LogP contribution in [0.25, 0.3) is 17.5 Å². The molecule has 3 aromatic rings. The van der Waals surface area contributed by atoms with Gasteiger partial charge in [0.25, 0.3) is 5.56 Å². The molecule has 9 heteroatoms. The monoisotopic (exact) mass is 497 g/mol. The van der Waals surface area contributed by atoms with Crippen LogP contribution < -0.4 is 20.5 Å². The minimum Gasteiger partial charge on any atom is -0.463 e. The summed E-state index contributed by atoms with van der Waals surface area (Å²) in [5, 5.41) is 11.0. The summed E-state index contributed by atoms with van der Waals surface area (Å²) in [7, 11) is 0. The number of fused-ring (bicyclic) bond motifs is 1. The molecule has 0 fully saturated rings. The number of halogens is 2. The first-order valence-corrected chi connectivity index (χ1v) is 11.5. The minimum absolute atomic E-state index is 0.0162. The highest BCUT2D eigenvalue weighted by Gasteiger charge is 2.36. The Morgan fingerprint density at radius 2 is 1.79 bits per heavy atom. The zero-order valence-electron chi connectivity index (χ0n) is 17.3. The van der Waals surface area contributed by atoms with Gasteiger partial charge in [-0.15, -0.1) is 11.3 Å². The fraction of sp³-hybridized carbons (Fsp3) is 0.125. The van der Waals surface area contributed by atoms with Gasteiger partial charge in [-0.05, 0) is 48.4 Å². The summed E-state index contributed by atoms with van der Waals surface area (Å²) in [6.45, 7) is 1.82. The summed E-state index contributed by atoms with van der Waals surface area (Å²) in [5.74, 6) is -1.43. The second-order valence-corrected chi connectivity index (χ2v) is 9.04. The molecule has 2 aromatic carbocycles. The van der Waals surface area contributed by atoms with Gasteiger partial charge in [-0.2, -0.15) is 5.26 Å². The molecule has 1 aromatic heterocycles. The number of allylic oxidation sites excluding steroid dienone is 1. The van der Waals surface area contributed by atoms with E-state index >= 15 is 0 Å². The molecule has 0 spiro atoms. The number of esters is 1. The summed E-state index contributed by atoms with van der Waals surface area (Å²) in [5.41, 5.74) is 7.57. The van der Waals surface area contributed by atoms with Gasteiger partial charge >= 0.3 is 5.97 Å². The third-order valence-electron chi connectivity index (χ3n) is 5.14. The Balaban J connectivity index is 2.08. The van der Waals surface area contributed by atoms with Gasteiger partial charge < -0.3 is 10.5 Å². The quantitative estimate of drug-likeness (QED) is 0.558. The van der Waals surface area contributed by atoms with E-state index in [4.69, 9.17) is 33.7 Å². The van der Waals surface area contributed by atoms with Crippen LogP contribution in [0.4, 0.5) is 0 Å². The van der Waals surface area contributed by atoms with Crippen molar-refractivity contribution in [3.8, 4) is 6.07 Å². The maximum Gasteiger partial charge on any atom is 0.338 e. The third-order valence-corrected chi connectivity index (χ3v) is 6.75. The van der Waals surface area contributed by atoms with Crippen LogP contribution in [0.2, 0.25) is 10.0 Å². The smallest absolute Gasteiger partial charge is 0.338 e. The van der Waals surface area contributed by atoms with Crippen LogP contribution in [0.15, 0.2) is 58.9 Å². The standard InChI is InChI=1S/C24H17Cl2N3O3S/c1-2-32-24(31)20-19(14-5-9-16(26)10-6-14)17(12-27)21(28)29-22(30)18(33-23(20)29)11-13-3-7-15(25)8-4-13/h3-11,19H,2,28H2,1H3/b18-11-/t19-/m0/s1. The lowest BCUT2D eigenvalue weighted by atomic mass is 9.84. The van der Waals surface area contributed by atoms with Crippen molar-refractivity contribution < 1.29 is 9.53 Å². The van der Waals surface area contributed by atoms with E-state index in [1.807, 2.05) is 0 Å². The van der Waals surface area contributed by atoms with E-state index in [1.54, 1.807) is 61.5 Å². The summed E-state index contributed by atoms with van der Waals surface area (Å²) in [6, 6.07) is 15.8. The average molecular weight is 498 g/mol. The van der Waals surface area contributed by atoms with Crippen molar-refractivity contribution in [3.05, 3.63) is 94.8 Å². The van der Waals surface area contributed by atoms with E-state index in [-0.39, 0.29) is 23.6 Å². The molecular weight excluding hydrogens is 481 g/mol. The molecule has 0 saturated heterocycles. The molecule has 0 radical (unpaired) electrons. The largest absolute Gasteiger partial charge is 0.463 e. The molecule has 0 aliphatic carbocycles. The number of carbonyl (C=O) groups is 1. The lowest BCUT2D eigenvalue weighted by Crippen LogP contribution is -2.40. The van der Waals surface area contributed by atoms with E-state index in [2.05, 4.69) is 6.07 Å². The molecular formula is C24H17Cl2N3O3S. The van der Waals surface area contributed by atoms with Gasteiger partial charge in [-0.1, -0.05) is 47.5 Å². The molecule has 1 aliphatic rings. The third kappa shape index (κ3) is 4.21. The van der Waals surface area contributed by atoms with Crippen molar-refractivity contribution >= 4 is 58.0 Å². The molecule has 0 saturated carbocycles. The lowest BCUT2D eigenvalue weighted by Gasteiger charge is -2.24. The molecule has 0 bridgehead atoms. The molecule has 4 rings (SSSR count). The van der Waals surface area contributed by atoms with Crippen LogP contribution in [0.3, 0.4) is 0 Å². The highest BCUT2D eigenvalue weighted by Crippen LogP contribution is 2.37. The van der Waals surface area contributed by atoms with Gasteiger partial charge in [-0.25, -0.2) is 4.79 Å². The first-order valence-electron chi connectivity index (χ1n) is 9.91. The van der Waals surface area contributed by atoms with Crippen LogP contribution >= 0.6 is 34.5 Å². The number of carbonyl (C=O) groups excluding carboxylic acids is 1. The van der Waals surface area contributed by atoms with E-state index in [0.717, 1.165) is 16.9 Å². The number of benzene rings is 2. The topological polar surface area (TPSA) is 98.1 Å². The Bertz CT molecular complexity index is 1490. The van der Waals surface area contributed by atoms with Crippen LogP contribution in [0, 0.1) is 11.3 Å². The van der Waals surface area contributed by atoms with Crippen molar-refractivity contribution in [3.63, 3.8) is 0 Å². The average Bonchev–Trinajstić information content (AvgIpc) is 3.11. The van der Waals surface area contributed by atoms with Crippen molar-refractivity contribution in [2.45, 2.75) is 12.8 Å². The number of rotatable bonds is 4. The number of ether oxygens (including phenoxy) is 1. The second-order valence-electron chi connectivity index (χ2n) is 7.14. The molecule has 0 amide bonds. The number of nitrogens with two attached hydrogens (primary N) is 1. The van der Waals surface area contributed by atoms with Crippen LogP contribution in [-0.2, 0) is 9.53 Å². The molecule has 33 heavy (non-hydrogen) atoms. The summed E-state index contributed by atoms with van der Waals surface area (Å²) < 4.78 is 7.21. The summed E-state index contributed by atoms with van der Waals surface area (Å²) >= 11 is 13.1. The Morgan fingerprint density at radius 1 is 1.18 bits per heavy atom. The number of aromatic nitrogens is 1. The van der Waals surface area contributed by atoms with Gasteiger partial charge in [0.15, 0.2) is 0 Å². The molecule has 2 heterocycles. The summed E-state index contributed by atoms with van der Waals surface area (Å²) in [6.07, 6.45) is 1.69. The number of thiazole rings is 1. The van der Waals surface area contributed by atoms with E-state index < -0.39 is 17.4 Å². The van der Waals surface area contributed by atoms with Gasteiger partial charge in [0, 0.05) is 10.0 Å². The number of nitrogens with zero attached hydrogens (tertiary/aromatic N) is 2. The van der Waals surface area contributed by atoms with Gasteiger partial charge in [0.05, 0.1) is 34.3 Å². The van der Waals surface area contributed by atoms with Crippen molar-refractivity contribution in [1.29, 1.82) is 5.26 Å². The van der Waals surface area contributed by atoms with Crippen molar-refractivity contribution in [2.75, 3.05) is 6.61 Å². The number of nitriles is 1. The first kappa shape index (κ1) is 22.9. The highest BCUT2D eigenvalue weighted by atomic mass is 35.5. The van der Waals surface area contributed by atoms with Crippen LogP contribution in [0.1, 0.15) is 24.0 Å².